The quantitative estimate of drug-likeness (QED) is 0.417. The number of carbonyl (C=O) groups is 1. The van der Waals surface area contributed by atoms with E-state index < -0.39 is 0 Å². The zero-order valence-electron chi connectivity index (χ0n) is 11.8. The van der Waals surface area contributed by atoms with Gasteiger partial charge in [0.25, 0.3) is 5.91 Å². The Balaban J connectivity index is 2.16. The zero-order valence-corrected chi connectivity index (χ0v) is 11.8. The molecular formula is C15H25NO3. The molecule has 0 heterocycles. The van der Waals surface area contributed by atoms with E-state index in [9.17, 15) is 4.79 Å². The molecule has 1 saturated carbocycles. The summed E-state index contributed by atoms with van der Waals surface area (Å²) >= 11 is 0. The number of hydrogen-bond acceptors (Lipinski definition) is 3. The topological polar surface area (TPSA) is 47.6 Å². The van der Waals surface area contributed by atoms with Crippen LogP contribution in [0.3, 0.4) is 0 Å². The van der Waals surface area contributed by atoms with Crippen molar-refractivity contribution in [1.82, 2.24) is 5.32 Å². The van der Waals surface area contributed by atoms with Crippen LogP contribution in [0.4, 0.5) is 0 Å². The van der Waals surface area contributed by atoms with Crippen LogP contribution in [0.5, 0.6) is 0 Å². The molecule has 1 amide bonds. The van der Waals surface area contributed by atoms with Gasteiger partial charge in [-0.3, -0.25) is 4.79 Å². The smallest absolute Gasteiger partial charge is 0.250 e. The van der Waals surface area contributed by atoms with E-state index >= 15 is 0 Å². The fraction of sp³-hybridized carbons (Fsp3) is 0.667. The van der Waals surface area contributed by atoms with Crippen LogP contribution < -0.4 is 5.32 Å². The lowest BCUT2D eigenvalue weighted by atomic mass is 9.92. The third-order valence-electron chi connectivity index (χ3n) is 3.39. The highest BCUT2D eigenvalue weighted by atomic mass is 16.5. The molecule has 1 rings (SSSR count). The van der Waals surface area contributed by atoms with Crippen molar-refractivity contribution in [1.29, 1.82) is 0 Å². The summed E-state index contributed by atoms with van der Waals surface area (Å²) in [5.41, 5.74) is 0.429. The van der Waals surface area contributed by atoms with Gasteiger partial charge in [0, 0.05) is 31.9 Å². The van der Waals surface area contributed by atoms with Gasteiger partial charge in [-0.15, -0.1) is 0 Å². The Morgan fingerprint density at radius 2 is 2.00 bits per heavy atom. The van der Waals surface area contributed by atoms with Crippen molar-refractivity contribution < 1.29 is 14.3 Å². The highest BCUT2D eigenvalue weighted by molar-refractivity contribution is 5.95. The van der Waals surface area contributed by atoms with E-state index in [0.29, 0.717) is 11.7 Å². The van der Waals surface area contributed by atoms with Crippen LogP contribution >= 0.6 is 0 Å². The molecule has 0 aromatic rings. The first-order valence-electron chi connectivity index (χ1n) is 6.90. The molecule has 1 N–H and O–H groups in total. The average Bonchev–Trinajstić information content (AvgIpc) is 2.44. The van der Waals surface area contributed by atoms with Crippen LogP contribution in [0, 0.1) is 0 Å². The maximum atomic E-state index is 11.6. The van der Waals surface area contributed by atoms with Gasteiger partial charge in [0.2, 0.25) is 0 Å². The summed E-state index contributed by atoms with van der Waals surface area (Å²) in [6, 6.07) is 0.239. The first kappa shape index (κ1) is 15.9. The Labute approximate surface area is 115 Å². The molecule has 0 spiro atoms. The molecule has 0 bridgehead atoms. The largest absolute Gasteiger partial charge is 0.385 e. The third kappa shape index (κ3) is 6.03. The Kier molecular flexibility index (Phi) is 7.45. The molecular weight excluding hydrogens is 242 g/mol. The summed E-state index contributed by atoms with van der Waals surface area (Å²) in [6.07, 6.45) is 6.67. The average molecular weight is 267 g/mol. The highest BCUT2D eigenvalue weighted by Crippen LogP contribution is 2.21. The molecule has 0 aromatic heterocycles. The predicted molar refractivity (Wildman–Crippen MR) is 76.0 cm³/mol. The molecule has 0 atom stereocenters. The summed E-state index contributed by atoms with van der Waals surface area (Å²) < 4.78 is 10.8. The summed E-state index contributed by atoms with van der Waals surface area (Å²) in [4.78, 5) is 11.6. The summed E-state index contributed by atoms with van der Waals surface area (Å²) in [6.45, 7) is 8.69. The SMILES string of the molecule is C=CC(=C)C(=O)NC1CCC(OCCCOC)CC1. The number of ether oxygens (including phenoxy) is 2. The van der Waals surface area contributed by atoms with Gasteiger partial charge < -0.3 is 14.8 Å². The Bertz CT molecular complexity index is 307. The van der Waals surface area contributed by atoms with Gasteiger partial charge in [0.1, 0.15) is 0 Å². The predicted octanol–water partition coefficient (Wildman–Crippen LogP) is 2.21. The monoisotopic (exact) mass is 267 g/mol. The number of nitrogens with one attached hydrogen (secondary N) is 1. The van der Waals surface area contributed by atoms with Crippen molar-refractivity contribution in [2.75, 3.05) is 20.3 Å². The van der Waals surface area contributed by atoms with Gasteiger partial charge in [-0.2, -0.15) is 0 Å². The standard InChI is InChI=1S/C15H25NO3/c1-4-12(2)15(17)16-13-6-8-14(9-7-13)19-11-5-10-18-3/h4,13-14H,1-2,5-11H2,3H3,(H,16,17). The van der Waals surface area contributed by atoms with Crippen molar-refractivity contribution in [3.8, 4) is 0 Å². The number of rotatable bonds is 8. The summed E-state index contributed by atoms with van der Waals surface area (Å²) in [7, 11) is 1.70. The van der Waals surface area contributed by atoms with Crippen LogP contribution in [0.1, 0.15) is 32.1 Å². The molecule has 108 valence electrons. The first-order valence-corrected chi connectivity index (χ1v) is 6.90. The van der Waals surface area contributed by atoms with Gasteiger partial charge in [0.15, 0.2) is 0 Å². The molecule has 0 unspecified atom stereocenters. The second-order valence-electron chi connectivity index (χ2n) is 4.89. The van der Waals surface area contributed by atoms with Crippen LogP contribution in [0.2, 0.25) is 0 Å². The van der Waals surface area contributed by atoms with E-state index in [1.807, 2.05) is 0 Å². The van der Waals surface area contributed by atoms with E-state index in [1.165, 1.54) is 6.08 Å². The third-order valence-corrected chi connectivity index (χ3v) is 3.39. The fourth-order valence-electron chi connectivity index (χ4n) is 2.20. The van der Waals surface area contributed by atoms with Gasteiger partial charge >= 0.3 is 0 Å². The van der Waals surface area contributed by atoms with E-state index in [2.05, 4.69) is 18.5 Å². The molecule has 4 heteroatoms. The van der Waals surface area contributed by atoms with Crippen molar-refractivity contribution in [3.63, 3.8) is 0 Å². The number of carbonyl (C=O) groups excluding carboxylic acids is 1. The minimum atomic E-state index is -0.112. The number of methoxy groups -OCH3 is 1. The number of amides is 1. The zero-order chi connectivity index (χ0) is 14.1. The van der Waals surface area contributed by atoms with E-state index in [1.54, 1.807) is 7.11 Å². The summed E-state index contributed by atoms with van der Waals surface area (Å²) in [5, 5.41) is 2.98. The van der Waals surface area contributed by atoms with E-state index in [4.69, 9.17) is 9.47 Å². The van der Waals surface area contributed by atoms with Crippen molar-refractivity contribution >= 4 is 5.91 Å². The molecule has 0 aromatic carbocycles. The maximum Gasteiger partial charge on any atom is 0.250 e. The van der Waals surface area contributed by atoms with Crippen LogP contribution in [-0.2, 0) is 14.3 Å². The molecule has 1 aliphatic rings. The lowest BCUT2D eigenvalue weighted by Gasteiger charge is -2.29. The molecule has 1 fully saturated rings. The molecule has 0 saturated heterocycles. The van der Waals surface area contributed by atoms with Gasteiger partial charge in [0.05, 0.1) is 6.10 Å². The highest BCUT2D eigenvalue weighted by Gasteiger charge is 2.22. The van der Waals surface area contributed by atoms with Crippen molar-refractivity contribution in [2.24, 2.45) is 0 Å². The van der Waals surface area contributed by atoms with Crippen LogP contribution in [-0.4, -0.2) is 38.4 Å². The first-order chi connectivity index (χ1) is 9.17. The minimum absolute atomic E-state index is 0.112. The molecule has 1 aliphatic carbocycles. The fourth-order valence-corrected chi connectivity index (χ4v) is 2.20. The van der Waals surface area contributed by atoms with Gasteiger partial charge in [-0.25, -0.2) is 0 Å². The van der Waals surface area contributed by atoms with Gasteiger partial charge in [-0.05, 0) is 32.1 Å². The second kappa shape index (κ2) is 8.88. The van der Waals surface area contributed by atoms with Crippen molar-refractivity contribution in [2.45, 2.75) is 44.2 Å². The lowest BCUT2D eigenvalue weighted by molar-refractivity contribution is -0.118. The molecule has 0 radical (unpaired) electrons. The van der Waals surface area contributed by atoms with E-state index in [0.717, 1.165) is 45.3 Å². The normalized spacial score (nSPS) is 22.8. The molecule has 0 aliphatic heterocycles. The molecule has 19 heavy (non-hydrogen) atoms. The second-order valence-corrected chi connectivity index (χ2v) is 4.89. The Morgan fingerprint density at radius 3 is 2.58 bits per heavy atom. The maximum absolute atomic E-state index is 11.6. The van der Waals surface area contributed by atoms with Crippen molar-refractivity contribution in [3.05, 3.63) is 24.8 Å². The Morgan fingerprint density at radius 1 is 1.32 bits per heavy atom. The lowest BCUT2D eigenvalue weighted by Crippen LogP contribution is -2.39. The number of hydrogen-bond donors (Lipinski definition) is 1. The summed E-state index contributed by atoms with van der Waals surface area (Å²) in [5.74, 6) is -0.112. The Hall–Kier alpha value is -1.13. The van der Waals surface area contributed by atoms with Crippen LogP contribution in [0.25, 0.3) is 0 Å². The minimum Gasteiger partial charge on any atom is -0.385 e. The van der Waals surface area contributed by atoms with Gasteiger partial charge in [-0.1, -0.05) is 19.2 Å². The molecule has 4 nitrogen and oxygen atoms in total. The van der Waals surface area contributed by atoms with E-state index in [-0.39, 0.29) is 11.9 Å². The van der Waals surface area contributed by atoms with Crippen LogP contribution in [0.15, 0.2) is 24.8 Å².